The van der Waals surface area contributed by atoms with Crippen molar-refractivity contribution in [2.75, 3.05) is 39.5 Å². The average Bonchev–Trinajstić information content (AvgIpc) is 3.39. The van der Waals surface area contributed by atoms with Crippen LogP contribution in [0.1, 0.15) is 43.0 Å². The third-order valence-electron chi connectivity index (χ3n) is 5.62. The van der Waals surface area contributed by atoms with E-state index in [2.05, 4.69) is 10.6 Å². The van der Waals surface area contributed by atoms with Gasteiger partial charge in [0.15, 0.2) is 0 Å². The Labute approximate surface area is 212 Å². The van der Waals surface area contributed by atoms with Crippen molar-refractivity contribution in [2.24, 2.45) is 0 Å². The molecule has 0 saturated heterocycles. The molecule has 196 valence electrons. The molecule has 1 atom stereocenters. The Bertz CT molecular complexity index is 928. The summed E-state index contributed by atoms with van der Waals surface area (Å²) >= 11 is 0. The Morgan fingerprint density at radius 2 is 1.56 bits per heavy atom. The third-order valence-corrected chi connectivity index (χ3v) is 5.62. The average molecular weight is 501 g/mol. The summed E-state index contributed by atoms with van der Waals surface area (Å²) in [7, 11) is 0. The zero-order valence-electron chi connectivity index (χ0n) is 20.7. The van der Waals surface area contributed by atoms with Gasteiger partial charge in [0.2, 0.25) is 0 Å². The molecular formula is C27H36N2O7. The van der Waals surface area contributed by atoms with E-state index in [4.69, 9.17) is 18.9 Å². The van der Waals surface area contributed by atoms with E-state index >= 15 is 0 Å². The molecule has 0 spiro atoms. The van der Waals surface area contributed by atoms with Gasteiger partial charge >= 0.3 is 5.97 Å². The highest BCUT2D eigenvalue weighted by molar-refractivity contribution is 5.94. The zero-order chi connectivity index (χ0) is 25.6. The van der Waals surface area contributed by atoms with Gasteiger partial charge in [-0.3, -0.25) is 9.59 Å². The number of aliphatic hydroxyl groups is 1. The molecule has 9 heteroatoms. The van der Waals surface area contributed by atoms with Gasteiger partial charge in [-0.25, -0.2) is 0 Å². The molecule has 0 bridgehead atoms. The largest absolute Gasteiger partial charge is 0.491 e. The van der Waals surface area contributed by atoms with E-state index in [0.29, 0.717) is 56.0 Å². The molecule has 36 heavy (non-hydrogen) atoms. The van der Waals surface area contributed by atoms with Crippen molar-refractivity contribution in [3.05, 3.63) is 54.1 Å². The van der Waals surface area contributed by atoms with Gasteiger partial charge in [-0.2, -0.15) is 0 Å². The first-order valence-electron chi connectivity index (χ1n) is 12.4. The van der Waals surface area contributed by atoms with Crippen molar-refractivity contribution in [3.8, 4) is 17.2 Å². The molecule has 1 aliphatic carbocycles. The Morgan fingerprint density at radius 3 is 2.22 bits per heavy atom. The fourth-order valence-electron chi connectivity index (χ4n) is 3.79. The lowest BCUT2D eigenvalue weighted by Crippen LogP contribution is -2.37. The quantitative estimate of drug-likeness (QED) is 0.194. The second-order valence-corrected chi connectivity index (χ2v) is 8.64. The van der Waals surface area contributed by atoms with Crippen molar-refractivity contribution in [1.29, 1.82) is 0 Å². The molecule has 3 N–H and O–H groups in total. The van der Waals surface area contributed by atoms with Crippen LogP contribution in [0.15, 0.2) is 48.5 Å². The van der Waals surface area contributed by atoms with Crippen molar-refractivity contribution in [3.63, 3.8) is 0 Å². The molecule has 2 aromatic carbocycles. The van der Waals surface area contributed by atoms with Gasteiger partial charge in [-0.15, -0.1) is 0 Å². The van der Waals surface area contributed by atoms with E-state index in [1.165, 1.54) is 19.8 Å². The Morgan fingerprint density at radius 1 is 0.917 bits per heavy atom. The van der Waals surface area contributed by atoms with Crippen molar-refractivity contribution < 1.29 is 33.6 Å². The van der Waals surface area contributed by atoms with Crippen LogP contribution in [-0.2, 0) is 9.53 Å². The normalized spacial score (nSPS) is 14.3. The summed E-state index contributed by atoms with van der Waals surface area (Å²) in [6, 6.07) is 13.6. The number of aliphatic hydroxyl groups excluding tert-OH is 1. The van der Waals surface area contributed by atoms with Gasteiger partial charge in [0.25, 0.3) is 5.91 Å². The lowest BCUT2D eigenvalue weighted by atomic mass is 10.2. The van der Waals surface area contributed by atoms with Crippen LogP contribution in [-0.4, -0.2) is 68.6 Å². The molecule has 1 amide bonds. The molecule has 2 aromatic rings. The first-order valence-corrected chi connectivity index (χ1v) is 12.4. The minimum Gasteiger partial charge on any atom is -0.491 e. The van der Waals surface area contributed by atoms with Crippen molar-refractivity contribution in [2.45, 2.75) is 44.8 Å². The fraction of sp³-hybridized carbons (Fsp3) is 0.481. The lowest BCUT2D eigenvalue weighted by molar-refractivity contribution is -0.131. The van der Waals surface area contributed by atoms with Crippen LogP contribution in [0, 0.1) is 0 Å². The van der Waals surface area contributed by atoms with Gasteiger partial charge in [-0.1, -0.05) is 12.8 Å². The van der Waals surface area contributed by atoms with Crippen LogP contribution in [0.5, 0.6) is 17.2 Å². The Balaban J connectivity index is 1.22. The molecule has 0 radical (unpaired) electrons. The van der Waals surface area contributed by atoms with Gasteiger partial charge in [0, 0.05) is 32.1 Å². The summed E-state index contributed by atoms with van der Waals surface area (Å²) in [5, 5.41) is 16.0. The number of ether oxygens (including phenoxy) is 4. The van der Waals surface area contributed by atoms with Gasteiger partial charge in [-0.05, 0) is 61.4 Å². The predicted molar refractivity (Wildman–Crippen MR) is 135 cm³/mol. The van der Waals surface area contributed by atoms with Crippen LogP contribution < -0.4 is 24.8 Å². The Kier molecular flexibility index (Phi) is 11.5. The Hall–Kier alpha value is -3.14. The van der Waals surface area contributed by atoms with Crippen LogP contribution >= 0.6 is 0 Å². The molecule has 0 aromatic heterocycles. The third kappa shape index (κ3) is 10.2. The molecule has 3 rings (SSSR count). The first-order chi connectivity index (χ1) is 17.5. The number of esters is 1. The number of benzene rings is 2. The summed E-state index contributed by atoms with van der Waals surface area (Å²) < 4.78 is 22.1. The number of amides is 1. The second kappa shape index (κ2) is 15.1. The molecule has 1 unspecified atom stereocenters. The van der Waals surface area contributed by atoms with Crippen LogP contribution in [0.25, 0.3) is 0 Å². The zero-order valence-corrected chi connectivity index (χ0v) is 20.7. The molecule has 0 heterocycles. The summed E-state index contributed by atoms with van der Waals surface area (Å²) in [5.41, 5.74) is 0.466. The maximum Gasteiger partial charge on any atom is 0.308 e. The van der Waals surface area contributed by atoms with Crippen molar-refractivity contribution in [1.82, 2.24) is 10.6 Å². The van der Waals surface area contributed by atoms with E-state index < -0.39 is 12.1 Å². The predicted octanol–water partition coefficient (Wildman–Crippen LogP) is 2.71. The number of hydrogen-bond acceptors (Lipinski definition) is 8. The highest BCUT2D eigenvalue weighted by Crippen LogP contribution is 2.21. The fourth-order valence-corrected chi connectivity index (χ4v) is 3.79. The molecule has 0 aliphatic heterocycles. The van der Waals surface area contributed by atoms with Crippen LogP contribution in [0.3, 0.4) is 0 Å². The number of nitrogens with one attached hydrogen (secondary N) is 2. The van der Waals surface area contributed by atoms with Crippen molar-refractivity contribution >= 4 is 11.9 Å². The topological polar surface area (TPSA) is 115 Å². The van der Waals surface area contributed by atoms with E-state index in [9.17, 15) is 14.7 Å². The van der Waals surface area contributed by atoms with Gasteiger partial charge in [0.1, 0.15) is 36.6 Å². The summed E-state index contributed by atoms with van der Waals surface area (Å²) in [5.74, 6) is 1.15. The monoisotopic (exact) mass is 500 g/mol. The van der Waals surface area contributed by atoms with Crippen LogP contribution in [0.4, 0.5) is 0 Å². The molecule has 9 nitrogen and oxygen atoms in total. The minimum atomic E-state index is -0.696. The molecular weight excluding hydrogens is 464 g/mol. The molecule has 1 fully saturated rings. The lowest BCUT2D eigenvalue weighted by Gasteiger charge is -2.14. The number of carbonyl (C=O) groups excluding carboxylic acids is 2. The smallest absolute Gasteiger partial charge is 0.308 e. The SMILES string of the molecule is CC(=O)Oc1ccc(C(=O)NCCNCC(O)COc2ccc(OCCOC3CCCC3)cc2)cc1. The van der Waals surface area contributed by atoms with Gasteiger partial charge < -0.3 is 34.7 Å². The number of rotatable bonds is 15. The maximum atomic E-state index is 12.2. The highest BCUT2D eigenvalue weighted by Gasteiger charge is 2.14. The summed E-state index contributed by atoms with van der Waals surface area (Å²) in [6.07, 6.45) is 4.52. The molecule has 1 saturated carbocycles. The number of carbonyl (C=O) groups is 2. The first kappa shape index (κ1) is 27.4. The summed E-state index contributed by atoms with van der Waals surface area (Å²) in [6.45, 7) is 3.79. The summed E-state index contributed by atoms with van der Waals surface area (Å²) in [4.78, 5) is 23.1. The minimum absolute atomic E-state index is 0.142. The maximum absolute atomic E-state index is 12.2. The standard InChI is InChI=1S/C27H36N2O7/c1-20(30)36-26-8-6-21(7-9-26)27(32)29-15-14-28-18-22(31)19-35-25-12-10-24(11-13-25)34-17-16-33-23-4-2-3-5-23/h6-13,22-23,28,31H,2-5,14-19H2,1H3,(H,29,32). The number of hydrogen-bond donors (Lipinski definition) is 3. The van der Waals surface area contributed by atoms with Gasteiger partial charge in [0.05, 0.1) is 12.7 Å². The van der Waals surface area contributed by atoms with Crippen LogP contribution in [0.2, 0.25) is 0 Å². The highest BCUT2D eigenvalue weighted by atomic mass is 16.5. The molecule has 1 aliphatic rings. The second-order valence-electron chi connectivity index (χ2n) is 8.64. The van der Waals surface area contributed by atoms with E-state index in [1.54, 1.807) is 24.3 Å². The van der Waals surface area contributed by atoms with E-state index in [1.807, 2.05) is 24.3 Å². The van der Waals surface area contributed by atoms with E-state index in [-0.39, 0.29) is 12.5 Å². The van der Waals surface area contributed by atoms with E-state index in [0.717, 1.165) is 18.6 Å².